The molecule has 2 unspecified atom stereocenters. The van der Waals surface area contributed by atoms with Gasteiger partial charge < -0.3 is 67.1 Å². The van der Waals surface area contributed by atoms with Crippen LogP contribution in [0.5, 0.6) is 0 Å². The lowest BCUT2D eigenvalue weighted by molar-refractivity contribution is -0.153. The lowest BCUT2D eigenvalue weighted by Crippen LogP contribution is -2.45. The number of hydrogen-bond acceptors (Lipinski definition) is 14. The molecule has 14 nitrogen and oxygen atoms in total. The fourth-order valence-electron chi connectivity index (χ4n) is 5.35. The van der Waals surface area contributed by atoms with Crippen molar-refractivity contribution in [3.63, 3.8) is 0 Å². The summed E-state index contributed by atoms with van der Waals surface area (Å²) in [4.78, 5) is 0. The minimum Gasteiger partial charge on any atom is -0.394 e. The summed E-state index contributed by atoms with van der Waals surface area (Å²) >= 11 is 0. The first-order valence-electron chi connectivity index (χ1n) is 19.0. The molecule has 302 valence electrons. The van der Waals surface area contributed by atoms with Gasteiger partial charge in [0.1, 0.15) is 12.2 Å². The average Bonchev–Trinajstić information content (AvgIpc) is 3.90. The van der Waals surface area contributed by atoms with Gasteiger partial charge in [-0.3, -0.25) is 0 Å². The lowest BCUT2D eigenvalue weighted by Gasteiger charge is -2.40. The van der Waals surface area contributed by atoms with Crippen LogP contribution in [0.1, 0.15) is 47.0 Å². The predicted molar refractivity (Wildman–Crippen MR) is 188 cm³/mol. The predicted octanol–water partition coefficient (Wildman–Crippen LogP) is 2.14. The van der Waals surface area contributed by atoms with E-state index in [-0.39, 0.29) is 36.1 Å². The molecular weight excluding hydrogens is 668 g/mol. The Morgan fingerprint density at radius 3 is 1.35 bits per heavy atom. The molecule has 0 radical (unpaired) electrons. The number of hydrogen-bond donors (Lipinski definition) is 2. The van der Waals surface area contributed by atoms with Crippen LogP contribution in [0.3, 0.4) is 0 Å². The molecule has 2 N–H and O–H groups in total. The maximum atomic E-state index is 9.79. The number of ether oxygens (including phenoxy) is 12. The molecular formula is C37H70O14. The zero-order valence-corrected chi connectivity index (χ0v) is 32.0. The maximum Gasteiger partial charge on any atom is 0.104 e. The zero-order chi connectivity index (χ0) is 36.7. The molecule has 5 aliphatic rings. The molecule has 5 rings (SSSR count). The molecule has 0 aromatic rings. The lowest BCUT2D eigenvalue weighted by atomic mass is 9.84. The van der Waals surface area contributed by atoms with Crippen LogP contribution in [-0.2, 0) is 56.8 Å². The quantitative estimate of drug-likeness (QED) is 0.0890. The van der Waals surface area contributed by atoms with E-state index in [4.69, 9.17) is 61.9 Å². The van der Waals surface area contributed by atoms with Gasteiger partial charge in [0.15, 0.2) is 0 Å². The molecule has 5 aliphatic heterocycles. The van der Waals surface area contributed by atoms with Crippen molar-refractivity contribution in [2.45, 2.75) is 59.2 Å². The second-order valence-corrected chi connectivity index (χ2v) is 15.1. The third-order valence-electron chi connectivity index (χ3n) is 9.95. The normalized spacial score (nSPS) is 23.5. The molecule has 5 heterocycles. The highest BCUT2D eigenvalue weighted by Crippen LogP contribution is 2.33. The minimum absolute atomic E-state index is 0.0761. The van der Waals surface area contributed by atoms with Crippen LogP contribution in [0.25, 0.3) is 0 Å². The first-order valence-corrected chi connectivity index (χ1v) is 19.0. The van der Waals surface area contributed by atoms with Gasteiger partial charge in [-0.15, -0.1) is 0 Å². The first-order chi connectivity index (χ1) is 24.8. The fourth-order valence-corrected chi connectivity index (χ4v) is 5.35. The second kappa shape index (κ2) is 24.8. The molecule has 51 heavy (non-hydrogen) atoms. The van der Waals surface area contributed by atoms with Crippen LogP contribution in [0.2, 0.25) is 0 Å². The van der Waals surface area contributed by atoms with Gasteiger partial charge in [0.05, 0.1) is 159 Å². The van der Waals surface area contributed by atoms with Gasteiger partial charge in [0, 0.05) is 21.7 Å². The molecule has 0 aromatic carbocycles. The van der Waals surface area contributed by atoms with E-state index in [1.54, 1.807) is 0 Å². The van der Waals surface area contributed by atoms with Crippen LogP contribution in [0.4, 0.5) is 0 Å². The van der Waals surface area contributed by atoms with Gasteiger partial charge in [0.25, 0.3) is 0 Å². The van der Waals surface area contributed by atoms with Crippen molar-refractivity contribution in [2.24, 2.45) is 21.7 Å². The summed E-state index contributed by atoms with van der Waals surface area (Å²) in [6.45, 7) is 23.9. The van der Waals surface area contributed by atoms with E-state index in [1.165, 1.54) is 0 Å². The van der Waals surface area contributed by atoms with Crippen LogP contribution >= 0.6 is 0 Å². The van der Waals surface area contributed by atoms with Gasteiger partial charge in [-0.25, -0.2) is 0 Å². The van der Waals surface area contributed by atoms with Gasteiger partial charge in [0.2, 0.25) is 0 Å². The molecule has 0 amide bonds. The van der Waals surface area contributed by atoms with E-state index in [1.807, 2.05) is 0 Å². The third-order valence-corrected chi connectivity index (χ3v) is 9.95. The largest absolute Gasteiger partial charge is 0.394 e. The minimum atomic E-state index is -0.608. The monoisotopic (exact) mass is 738 g/mol. The van der Waals surface area contributed by atoms with Gasteiger partial charge in [-0.2, -0.15) is 0 Å². The van der Waals surface area contributed by atoms with Crippen molar-refractivity contribution in [2.75, 3.05) is 159 Å². The summed E-state index contributed by atoms with van der Waals surface area (Å²) in [5.74, 6) is 0. The van der Waals surface area contributed by atoms with Crippen molar-refractivity contribution < 1.29 is 67.1 Å². The van der Waals surface area contributed by atoms with Gasteiger partial charge in [-0.05, 0) is 19.3 Å². The highest BCUT2D eigenvalue weighted by Gasteiger charge is 2.39. The van der Waals surface area contributed by atoms with E-state index in [9.17, 15) is 5.11 Å². The smallest absolute Gasteiger partial charge is 0.104 e. The van der Waals surface area contributed by atoms with Crippen LogP contribution in [0.15, 0.2) is 0 Å². The molecule has 0 aliphatic carbocycles. The number of rotatable bonds is 28. The molecule has 5 saturated heterocycles. The first kappa shape index (κ1) is 44.8. The van der Waals surface area contributed by atoms with E-state index >= 15 is 0 Å². The summed E-state index contributed by atoms with van der Waals surface area (Å²) < 4.78 is 64.0. The van der Waals surface area contributed by atoms with Crippen LogP contribution < -0.4 is 0 Å². The Labute approximate surface area is 306 Å². The standard InChI is InChI=1S/C18H34O7.C10H20O4.C9H16O3/c1-3-18(14-25-15-18)13-22-7-5-20-4-6-21-8-16(19)9-23-10-17(2)11-24-12-17;1-2-10(8-14-9-10)7-13-6-5-12-4-3-11;1-2-9(6-11-7-9)5-10-3-8-4-12-8/h16,19H,3-15H2,1-2H3;11H,2-9H2,1H3;8H,2-7H2,1H3. The van der Waals surface area contributed by atoms with E-state index < -0.39 is 6.10 Å². The van der Waals surface area contributed by atoms with E-state index in [2.05, 4.69) is 27.7 Å². The Bertz CT molecular complexity index is 842. The third kappa shape index (κ3) is 17.6. The highest BCUT2D eigenvalue weighted by atomic mass is 16.6. The summed E-state index contributed by atoms with van der Waals surface area (Å²) in [5.41, 5.74) is 0.926. The molecule has 14 heteroatoms. The maximum absolute atomic E-state index is 9.79. The second-order valence-electron chi connectivity index (χ2n) is 15.1. The van der Waals surface area contributed by atoms with Gasteiger partial charge >= 0.3 is 0 Å². The van der Waals surface area contributed by atoms with Crippen molar-refractivity contribution in [3.8, 4) is 0 Å². The van der Waals surface area contributed by atoms with Crippen LogP contribution in [0, 0.1) is 21.7 Å². The summed E-state index contributed by atoms with van der Waals surface area (Å²) in [5, 5.41) is 18.2. The van der Waals surface area contributed by atoms with Crippen molar-refractivity contribution in [1.29, 1.82) is 0 Å². The number of aliphatic hydroxyl groups is 2. The Balaban J connectivity index is 0.000000227. The van der Waals surface area contributed by atoms with E-state index in [0.29, 0.717) is 64.4 Å². The Hall–Kier alpha value is -0.560. The molecule has 0 bridgehead atoms. The Morgan fingerprint density at radius 1 is 0.549 bits per heavy atom. The molecule has 2 atom stereocenters. The SMILES string of the molecule is CCC1(COCC2CO2)COC1.CCC1(COCCOCCO)COC1.CCC1(COCCOCCOCC(O)COCC2(C)COC2)COC1. The van der Waals surface area contributed by atoms with Crippen molar-refractivity contribution in [1.82, 2.24) is 0 Å². The molecule has 0 saturated carbocycles. The van der Waals surface area contributed by atoms with Crippen molar-refractivity contribution in [3.05, 3.63) is 0 Å². The molecule has 0 aromatic heterocycles. The average molecular weight is 739 g/mol. The number of epoxide rings is 1. The summed E-state index contributed by atoms with van der Waals surface area (Å²) in [6, 6.07) is 0. The van der Waals surface area contributed by atoms with Gasteiger partial charge in [-0.1, -0.05) is 27.7 Å². The topological polar surface area (TPSA) is 155 Å². The summed E-state index contributed by atoms with van der Waals surface area (Å²) in [6.07, 6.45) is 3.12. The Kier molecular flexibility index (Phi) is 21.8. The van der Waals surface area contributed by atoms with Crippen molar-refractivity contribution >= 4 is 0 Å². The van der Waals surface area contributed by atoms with Crippen LogP contribution in [-0.4, -0.2) is 181 Å². The molecule has 5 fully saturated rings. The summed E-state index contributed by atoms with van der Waals surface area (Å²) in [7, 11) is 0. The Morgan fingerprint density at radius 2 is 0.961 bits per heavy atom. The fraction of sp³-hybridized carbons (Fsp3) is 1.00. The molecule has 0 spiro atoms. The number of aliphatic hydroxyl groups excluding tert-OH is 2. The van der Waals surface area contributed by atoms with E-state index in [0.717, 1.165) is 105 Å². The highest BCUT2D eigenvalue weighted by molar-refractivity contribution is 4.85. The zero-order valence-electron chi connectivity index (χ0n) is 32.0.